The Bertz CT molecular complexity index is 418. The highest BCUT2D eigenvalue weighted by Gasteiger charge is 2.18. The van der Waals surface area contributed by atoms with Crippen LogP contribution in [0.25, 0.3) is 0 Å². The van der Waals surface area contributed by atoms with Gasteiger partial charge >= 0.3 is 0 Å². The van der Waals surface area contributed by atoms with Crippen molar-refractivity contribution in [3.63, 3.8) is 0 Å². The maximum atomic E-state index is 11.6. The minimum atomic E-state index is -0.694. The molecule has 1 rings (SSSR count). The van der Waals surface area contributed by atoms with Crippen molar-refractivity contribution in [2.24, 2.45) is 0 Å². The zero-order valence-corrected chi connectivity index (χ0v) is 10.2. The van der Waals surface area contributed by atoms with Gasteiger partial charge in [-0.25, -0.2) is 0 Å². The summed E-state index contributed by atoms with van der Waals surface area (Å²) in [4.78, 5) is 26.8. The highest BCUT2D eigenvalue weighted by Crippen LogP contribution is 1.94. The summed E-state index contributed by atoms with van der Waals surface area (Å²) in [6.45, 7) is 2.34. The van der Waals surface area contributed by atoms with Crippen molar-refractivity contribution in [2.75, 3.05) is 26.0 Å². The summed E-state index contributed by atoms with van der Waals surface area (Å²) in [5.74, 6) is -0.928. The van der Waals surface area contributed by atoms with Crippen LogP contribution in [0.15, 0.2) is 0 Å². The molecule has 0 bridgehead atoms. The smallest absolute Gasteiger partial charge is 0.289 e. The van der Waals surface area contributed by atoms with Crippen molar-refractivity contribution in [1.82, 2.24) is 25.8 Å². The van der Waals surface area contributed by atoms with Crippen LogP contribution in [0.1, 0.15) is 17.5 Å². The molecule has 1 aromatic rings. The number of methoxy groups -OCH3 is 1. The second kappa shape index (κ2) is 6.55. The summed E-state index contributed by atoms with van der Waals surface area (Å²) in [5, 5.41) is 10.9. The lowest BCUT2D eigenvalue weighted by Crippen LogP contribution is -2.45. The molecule has 0 radical (unpaired) electrons. The van der Waals surface area contributed by atoms with Crippen LogP contribution in [0.5, 0.6) is 0 Å². The van der Waals surface area contributed by atoms with Crippen LogP contribution in [0.4, 0.5) is 5.95 Å². The van der Waals surface area contributed by atoms with Gasteiger partial charge in [0.05, 0.1) is 6.61 Å². The average molecular weight is 256 g/mol. The Morgan fingerprint density at radius 1 is 1.56 bits per heavy atom. The van der Waals surface area contributed by atoms with Gasteiger partial charge in [0.2, 0.25) is 17.7 Å². The Hall–Kier alpha value is -2.16. The number of rotatable bonds is 6. The summed E-state index contributed by atoms with van der Waals surface area (Å²) in [7, 11) is 1.53. The number of nitrogens with zero attached hydrogens (tertiary/aromatic N) is 2. The van der Waals surface area contributed by atoms with Crippen LogP contribution in [-0.4, -0.2) is 53.3 Å². The van der Waals surface area contributed by atoms with E-state index in [1.54, 1.807) is 6.92 Å². The van der Waals surface area contributed by atoms with Crippen LogP contribution in [-0.2, 0) is 9.53 Å². The molecule has 5 N–H and O–H groups in total. The SMILES string of the molecule is COCCNC(=O)C(C)NC(=O)c1nc(N)n[nH]1. The Labute approximate surface area is 103 Å². The van der Waals surface area contributed by atoms with E-state index in [0.717, 1.165) is 0 Å². The van der Waals surface area contributed by atoms with E-state index in [1.165, 1.54) is 7.11 Å². The fourth-order valence-corrected chi connectivity index (χ4v) is 1.14. The van der Waals surface area contributed by atoms with E-state index in [9.17, 15) is 9.59 Å². The first-order valence-corrected chi connectivity index (χ1v) is 5.30. The minimum absolute atomic E-state index is 0.0302. The van der Waals surface area contributed by atoms with E-state index in [0.29, 0.717) is 13.2 Å². The molecular formula is C9H16N6O3. The number of nitrogens with two attached hydrogens (primary N) is 1. The fourth-order valence-electron chi connectivity index (χ4n) is 1.14. The molecule has 0 aliphatic heterocycles. The van der Waals surface area contributed by atoms with Crippen LogP contribution in [0.2, 0.25) is 0 Å². The molecule has 1 heterocycles. The third-order valence-electron chi connectivity index (χ3n) is 2.06. The van der Waals surface area contributed by atoms with Crippen molar-refractivity contribution < 1.29 is 14.3 Å². The predicted molar refractivity (Wildman–Crippen MR) is 62.6 cm³/mol. The average Bonchev–Trinajstić information content (AvgIpc) is 2.76. The number of carbonyl (C=O) groups is 2. The molecule has 0 aliphatic rings. The van der Waals surface area contributed by atoms with Crippen molar-refractivity contribution in [2.45, 2.75) is 13.0 Å². The lowest BCUT2D eigenvalue weighted by Gasteiger charge is -2.12. The number of anilines is 1. The number of aromatic amines is 1. The fraction of sp³-hybridized carbons (Fsp3) is 0.556. The van der Waals surface area contributed by atoms with Gasteiger partial charge in [0.1, 0.15) is 6.04 Å². The summed E-state index contributed by atoms with van der Waals surface area (Å²) in [6.07, 6.45) is 0. The third kappa shape index (κ3) is 4.01. The van der Waals surface area contributed by atoms with Gasteiger partial charge in [-0.3, -0.25) is 14.7 Å². The Morgan fingerprint density at radius 2 is 2.28 bits per heavy atom. The molecule has 100 valence electrons. The minimum Gasteiger partial charge on any atom is -0.383 e. The molecule has 0 aliphatic carbocycles. The summed E-state index contributed by atoms with van der Waals surface area (Å²) in [5.41, 5.74) is 5.26. The molecule has 1 unspecified atom stereocenters. The number of hydrogen-bond donors (Lipinski definition) is 4. The molecule has 2 amide bonds. The molecular weight excluding hydrogens is 240 g/mol. The molecule has 0 aromatic carbocycles. The number of nitrogens with one attached hydrogen (secondary N) is 3. The number of hydrogen-bond acceptors (Lipinski definition) is 6. The van der Waals surface area contributed by atoms with Crippen LogP contribution < -0.4 is 16.4 Å². The van der Waals surface area contributed by atoms with E-state index in [-0.39, 0.29) is 17.7 Å². The van der Waals surface area contributed by atoms with Gasteiger partial charge in [0, 0.05) is 13.7 Å². The first kappa shape index (κ1) is 13.9. The van der Waals surface area contributed by atoms with E-state index in [2.05, 4.69) is 25.8 Å². The summed E-state index contributed by atoms with van der Waals surface area (Å²) >= 11 is 0. The Kier molecular flexibility index (Phi) is 5.06. The van der Waals surface area contributed by atoms with Crippen LogP contribution in [0, 0.1) is 0 Å². The number of amides is 2. The number of H-pyrrole nitrogens is 1. The zero-order chi connectivity index (χ0) is 13.5. The second-order valence-corrected chi connectivity index (χ2v) is 3.52. The number of aromatic nitrogens is 3. The maximum Gasteiger partial charge on any atom is 0.289 e. The van der Waals surface area contributed by atoms with E-state index < -0.39 is 11.9 Å². The van der Waals surface area contributed by atoms with Crippen molar-refractivity contribution in [3.05, 3.63) is 5.82 Å². The van der Waals surface area contributed by atoms with Gasteiger partial charge in [-0.15, -0.1) is 5.10 Å². The normalized spacial score (nSPS) is 11.9. The zero-order valence-electron chi connectivity index (χ0n) is 10.2. The van der Waals surface area contributed by atoms with Gasteiger partial charge in [-0.05, 0) is 6.92 Å². The molecule has 9 heteroatoms. The molecule has 1 aromatic heterocycles. The first-order chi connectivity index (χ1) is 8.54. The lowest BCUT2D eigenvalue weighted by molar-refractivity contribution is -0.122. The highest BCUT2D eigenvalue weighted by atomic mass is 16.5. The second-order valence-electron chi connectivity index (χ2n) is 3.52. The highest BCUT2D eigenvalue weighted by molar-refractivity contribution is 5.94. The molecule has 0 saturated carbocycles. The Morgan fingerprint density at radius 3 is 2.83 bits per heavy atom. The molecule has 18 heavy (non-hydrogen) atoms. The molecule has 0 saturated heterocycles. The predicted octanol–water partition coefficient (Wildman–Crippen LogP) is -1.73. The maximum absolute atomic E-state index is 11.6. The van der Waals surface area contributed by atoms with Gasteiger partial charge in [-0.2, -0.15) is 4.98 Å². The van der Waals surface area contributed by atoms with Gasteiger partial charge in [0.25, 0.3) is 5.91 Å². The largest absolute Gasteiger partial charge is 0.383 e. The quantitative estimate of drug-likeness (QED) is 0.446. The van der Waals surface area contributed by atoms with Crippen LogP contribution >= 0.6 is 0 Å². The molecule has 9 nitrogen and oxygen atoms in total. The van der Waals surface area contributed by atoms with Crippen molar-refractivity contribution in [1.29, 1.82) is 0 Å². The van der Waals surface area contributed by atoms with Crippen molar-refractivity contribution in [3.8, 4) is 0 Å². The molecule has 1 atom stereocenters. The first-order valence-electron chi connectivity index (χ1n) is 5.30. The van der Waals surface area contributed by atoms with Crippen LogP contribution in [0.3, 0.4) is 0 Å². The molecule has 0 fully saturated rings. The van der Waals surface area contributed by atoms with Gasteiger partial charge in [-0.1, -0.05) is 0 Å². The van der Waals surface area contributed by atoms with E-state index in [4.69, 9.17) is 10.5 Å². The van der Waals surface area contributed by atoms with Gasteiger partial charge in [0.15, 0.2) is 0 Å². The summed E-state index contributed by atoms with van der Waals surface area (Å²) in [6, 6.07) is -0.694. The van der Waals surface area contributed by atoms with Gasteiger partial charge < -0.3 is 21.1 Å². The number of carbonyl (C=O) groups excluding carboxylic acids is 2. The van der Waals surface area contributed by atoms with Crippen molar-refractivity contribution >= 4 is 17.8 Å². The topological polar surface area (TPSA) is 135 Å². The number of ether oxygens (including phenoxy) is 1. The Balaban J connectivity index is 2.41. The van der Waals surface area contributed by atoms with E-state index >= 15 is 0 Å². The molecule has 0 spiro atoms. The lowest BCUT2D eigenvalue weighted by atomic mass is 10.3. The number of nitrogen functional groups attached to an aromatic ring is 1. The monoisotopic (exact) mass is 256 g/mol. The van der Waals surface area contributed by atoms with E-state index in [1.807, 2.05) is 0 Å². The standard InChI is InChI=1S/C9H16N6O3/c1-5(7(16)11-3-4-18-2)12-8(17)6-13-9(10)15-14-6/h5H,3-4H2,1-2H3,(H,11,16)(H,12,17)(H3,10,13,14,15). The third-order valence-corrected chi connectivity index (χ3v) is 2.06. The summed E-state index contributed by atoms with van der Waals surface area (Å²) < 4.78 is 4.79.